The van der Waals surface area contributed by atoms with Crippen LogP contribution in [0.4, 0.5) is 0 Å². The van der Waals surface area contributed by atoms with Crippen LogP contribution in [0.3, 0.4) is 0 Å². The Morgan fingerprint density at radius 3 is 2.73 bits per heavy atom. The predicted molar refractivity (Wildman–Crippen MR) is 73.4 cm³/mol. The number of rotatable bonds is 1. The summed E-state index contributed by atoms with van der Waals surface area (Å²) in [5.41, 5.74) is 0. The van der Waals surface area contributed by atoms with E-state index in [-0.39, 0.29) is 7.92 Å². The van der Waals surface area contributed by atoms with Gasteiger partial charge in [-0.25, -0.2) is 0 Å². The standard InChI is InChI=1S/C13H14P2/c1-2-6-12-11(4-1)5-3-7-13(12)15-9-8-14-10-15/h1-7,14H,8-10H2. The smallest absolute Gasteiger partial charge is 0.0107 e. The second-order valence-corrected chi connectivity index (χ2v) is 8.19. The fourth-order valence-corrected chi connectivity index (χ4v) is 8.02. The molecule has 0 bridgehead atoms. The first-order chi connectivity index (χ1) is 7.45. The van der Waals surface area contributed by atoms with Gasteiger partial charge in [-0.3, -0.25) is 0 Å². The number of hydrogen-bond donors (Lipinski definition) is 0. The van der Waals surface area contributed by atoms with Gasteiger partial charge in [0.1, 0.15) is 0 Å². The lowest BCUT2D eigenvalue weighted by Gasteiger charge is -2.12. The van der Waals surface area contributed by atoms with Gasteiger partial charge in [-0.1, -0.05) is 50.4 Å². The summed E-state index contributed by atoms with van der Waals surface area (Å²) < 4.78 is 0. The first-order valence-electron chi connectivity index (χ1n) is 5.38. The maximum absolute atomic E-state index is 2.35. The molecule has 2 heteroatoms. The van der Waals surface area contributed by atoms with E-state index in [0.29, 0.717) is 0 Å². The summed E-state index contributed by atoms with van der Waals surface area (Å²) in [6.45, 7) is 0. The fourth-order valence-electron chi connectivity index (χ4n) is 2.20. The van der Waals surface area contributed by atoms with Gasteiger partial charge in [0, 0.05) is 0 Å². The third-order valence-corrected chi connectivity index (χ3v) is 8.25. The molecule has 1 aliphatic rings. The van der Waals surface area contributed by atoms with Crippen LogP contribution in [0.5, 0.6) is 0 Å². The van der Waals surface area contributed by atoms with Crippen LogP contribution < -0.4 is 5.30 Å². The van der Waals surface area contributed by atoms with Crippen LogP contribution in [0.15, 0.2) is 42.5 Å². The highest BCUT2D eigenvalue weighted by Gasteiger charge is 2.17. The van der Waals surface area contributed by atoms with Crippen molar-refractivity contribution >= 4 is 32.6 Å². The minimum absolute atomic E-state index is 0.172. The van der Waals surface area contributed by atoms with Gasteiger partial charge in [0.05, 0.1) is 0 Å². The first kappa shape index (κ1) is 9.76. The number of fused-ring (bicyclic) bond motifs is 1. The van der Waals surface area contributed by atoms with E-state index in [9.17, 15) is 0 Å². The van der Waals surface area contributed by atoms with E-state index < -0.39 is 0 Å². The Balaban J connectivity index is 2.16. The van der Waals surface area contributed by atoms with Gasteiger partial charge >= 0.3 is 0 Å². The second-order valence-electron chi connectivity index (χ2n) is 3.92. The summed E-state index contributed by atoms with van der Waals surface area (Å²) in [6, 6.07) is 15.6. The van der Waals surface area contributed by atoms with Crippen molar-refractivity contribution in [2.45, 2.75) is 0 Å². The molecule has 3 rings (SSSR count). The quantitative estimate of drug-likeness (QED) is 0.659. The van der Waals surface area contributed by atoms with E-state index in [1.165, 1.54) is 37.6 Å². The van der Waals surface area contributed by atoms with Gasteiger partial charge in [-0.05, 0) is 34.3 Å². The van der Waals surface area contributed by atoms with Crippen molar-refractivity contribution < 1.29 is 0 Å². The van der Waals surface area contributed by atoms with Crippen LogP contribution in [0.25, 0.3) is 10.8 Å². The Bertz CT molecular complexity index is 467. The molecule has 0 N–H and O–H groups in total. The van der Waals surface area contributed by atoms with Crippen LogP contribution in [0.1, 0.15) is 0 Å². The van der Waals surface area contributed by atoms with E-state index in [2.05, 4.69) is 42.5 Å². The van der Waals surface area contributed by atoms with Gasteiger partial charge in [-0.15, -0.1) is 8.58 Å². The zero-order valence-corrected chi connectivity index (χ0v) is 10.5. The molecule has 15 heavy (non-hydrogen) atoms. The van der Waals surface area contributed by atoms with Crippen LogP contribution in [-0.4, -0.2) is 18.2 Å². The highest BCUT2D eigenvalue weighted by molar-refractivity contribution is 7.76. The Kier molecular flexibility index (Phi) is 2.74. The second kappa shape index (κ2) is 4.20. The fraction of sp³-hybridized carbons (Fsp3) is 0.231. The topological polar surface area (TPSA) is 0 Å². The van der Waals surface area contributed by atoms with Crippen molar-refractivity contribution in [1.29, 1.82) is 0 Å². The van der Waals surface area contributed by atoms with Crippen LogP contribution in [-0.2, 0) is 0 Å². The third-order valence-electron chi connectivity index (χ3n) is 2.97. The van der Waals surface area contributed by atoms with E-state index >= 15 is 0 Å². The van der Waals surface area contributed by atoms with E-state index in [4.69, 9.17) is 0 Å². The Morgan fingerprint density at radius 2 is 1.87 bits per heavy atom. The molecule has 1 heterocycles. The lowest BCUT2D eigenvalue weighted by atomic mass is 10.1. The lowest BCUT2D eigenvalue weighted by molar-refractivity contribution is 1.55. The highest BCUT2D eigenvalue weighted by atomic mass is 31.2. The van der Waals surface area contributed by atoms with E-state index in [1.54, 1.807) is 5.30 Å². The predicted octanol–water partition coefficient (Wildman–Crippen LogP) is 3.60. The summed E-state index contributed by atoms with van der Waals surface area (Å²) in [4.78, 5) is 0. The van der Waals surface area contributed by atoms with Crippen molar-refractivity contribution in [3.05, 3.63) is 42.5 Å². The van der Waals surface area contributed by atoms with Crippen LogP contribution in [0, 0.1) is 0 Å². The SMILES string of the molecule is c1ccc2c(P3CCPC3)cccc2c1. The maximum Gasteiger partial charge on any atom is -0.0107 e. The molecular weight excluding hydrogens is 218 g/mol. The Labute approximate surface area is 93.6 Å². The molecule has 1 saturated heterocycles. The number of hydrogen-bond acceptors (Lipinski definition) is 0. The molecule has 1 fully saturated rings. The molecule has 2 aromatic rings. The van der Waals surface area contributed by atoms with Crippen LogP contribution >= 0.6 is 16.5 Å². The highest BCUT2D eigenvalue weighted by Crippen LogP contribution is 2.48. The van der Waals surface area contributed by atoms with Crippen molar-refractivity contribution in [2.24, 2.45) is 0 Å². The molecule has 76 valence electrons. The van der Waals surface area contributed by atoms with Gasteiger partial charge in [-0.2, -0.15) is 0 Å². The molecule has 0 spiro atoms. The molecule has 2 aromatic carbocycles. The largest absolute Gasteiger partial charge is 0.117 e. The summed E-state index contributed by atoms with van der Waals surface area (Å²) in [5.74, 6) is 1.48. The maximum atomic E-state index is 2.35. The Hall–Kier alpha value is -0.440. The molecule has 0 nitrogen and oxygen atoms in total. The van der Waals surface area contributed by atoms with Crippen molar-refractivity contribution in [3.63, 3.8) is 0 Å². The van der Waals surface area contributed by atoms with Gasteiger partial charge < -0.3 is 0 Å². The van der Waals surface area contributed by atoms with Gasteiger partial charge in [0.2, 0.25) is 0 Å². The lowest BCUT2D eigenvalue weighted by Crippen LogP contribution is -2.03. The monoisotopic (exact) mass is 232 g/mol. The van der Waals surface area contributed by atoms with E-state index in [0.717, 1.165) is 0 Å². The zero-order chi connectivity index (χ0) is 10.1. The van der Waals surface area contributed by atoms with Crippen molar-refractivity contribution in [2.75, 3.05) is 18.2 Å². The number of benzene rings is 2. The van der Waals surface area contributed by atoms with Gasteiger partial charge in [0.15, 0.2) is 0 Å². The molecule has 0 aliphatic carbocycles. The summed E-state index contributed by atoms with van der Waals surface area (Å²) in [6.07, 6.45) is 2.93. The van der Waals surface area contributed by atoms with Crippen molar-refractivity contribution in [1.82, 2.24) is 0 Å². The van der Waals surface area contributed by atoms with E-state index in [1.807, 2.05) is 0 Å². The molecule has 2 unspecified atom stereocenters. The molecular formula is C13H14P2. The molecule has 0 radical (unpaired) electrons. The minimum atomic E-state index is 0.172. The first-order valence-corrected chi connectivity index (χ1v) is 8.51. The molecule has 1 aliphatic heterocycles. The zero-order valence-electron chi connectivity index (χ0n) is 8.61. The normalized spacial score (nSPS) is 22.5. The van der Waals surface area contributed by atoms with Crippen molar-refractivity contribution in [3.8, 4) is 0 Å². The average molecular weight is 232 g/mol. The molecule has 0 aromatic heterocycles. The summed E-state index contributed by atoms with van der Waals surface area (Å²) >= 11 is 0. The van der Waals surface area contributed by atoms with Crippen LogP contribution in [0.2, 0.25) is 0 Å². The van der Waals surface area contributed by atoms with Gasteiger partial charge in [0.25, 0.3) is 0 Å². The third kappa shape index (κ3) is 1.82. The Morgan fingerprint density at radius 1 is 1.00 bits per heavy atom. The molecule has 0 amide bonds. The molecule has 0 saturated carbocycles. The average Bonchev–Trinajstić information content (AvgIpc) is 2.82. The molecule has 2 atom stereocenters. The summed E-state index contributed by atoms with van der Waals surface area (Å²) in [5, 5.41) is 4.55. The minimum Gasteiger partial charge on any atom is -0.117 e. The summed E-state index contributed by atoms with van der Waals surface area (Å²) in [7, 11) is 1.39.